The molecule has 2 aliphatic heterocycles. The van der Waals surface area contributed by atoms with Crippen molar-refractivity contribution in [3.8, 4) is 5.75 Å². The number of nitrogens with one attached hydrogen (secondary N) is 1. The normalized spacial score (nSPS) is 18.9. The molecule has 0 bridgehead atoms. The third kappa shape index (κ3) is 4.03. The number of amides is 2. The second kappa shape index (κ2) is 9.58. The summed E-state index contributed by atoms with van der Waals surface area (Å²) in [6, 6.07) is 10.8. The van der Waals surface area contributed by atoms with Crippen molar-refractivity contribution in [2.24, 2.45) is 0 Å². The number of hydrogen-bond donors (Lipinski definition) is 2. The topological polar surface area (TPSA) is 85.9 Å². The van der Waals surface area contributed by atoms with Gasteiger partial charge in [0.2, 0.25) is 5.91 Å². The van der Waals surface area contributed by atoms with E-state index in [2.05, 4.69) is 4.98 Å². The molecule has 0 aliphatic carbocycles. The number of aliphatic hydroxyl groups is 1. The van der Waals surface area contributed by atoms with Gasteiger partial charge in [-0.15, -0.1) is 0 Å². The van der Waals surface area contributed by atoms with E-state index in [4.69, 9.17) is 4.74 Å². The first-order chi connectivity index (χ1) is 17.4. The highest BCUT2D eigenvalue weighted by Gasteiger charge is 2.49. The van der Waals surface area contributed by atoms with Gasteiger partial charge in [0.05, 0.1) is 19.8 Å². The molecule has 2 aromatic carbocycles. The number of fused-ring (bicyclic) bond motifs is 4. The number of carbonyl (C=O) groups excluding carboxylic acids is 2. The molecule has 3 aromatic rings. The number of likely N-dealkylation sites (tertiary alicyclic amines) is 1. The third-order valence-corrected chi connectivity index (χ3v) is 7.81. The van der Waals surface area contributed by atoms with Gasteiger partial charge in [0.15, 0.2) is 0 Å². The maximum atomic E-state index is 13.7. The predicted molar refractivity (Wildman–Crippen MR) is 135 cm³/mol. The van der Waals surface area contributed by atoms with E-state index < -0.39 is 11.9 Å². The van der Waals surface area contributed by atoms with Crippen LogP contribution >= 0.6 is 0 Å². The van der Waals surface area contributed by atoms with Gasteiger partial charge in [-0.2, -0.15) is 0 Å². The molecule has 2 aliphatic rings. The van der Waals surface area contributed by atoms with E-state index in [0.29, 0.717) is 44.5 Å². The Morgan fingerprint density at radius 2 is 1.89 bits per heavy atom. The molecule has 1 aromatic heterocycles. The maximum absolute atomic E-state index is 13.7. The van der Waals surface area contributed by atoms with E-state index in [1.165, 1.54) is 24.3 Å². The van der Waals surface area contributed by atoms with E-state index in [1.807, 2.05) is 30.0 Å². The van der Waals surface area contributed by atoms with Crippen LogP contribution in [0.15, 0.2) is 42.5 Å². The van der Waals surface area contributed by atoms with Crippen LogP contribution in [-0.2, 0) is 10.2 Å². The quantitative estimate of drug-likeness (QED) is 0.559. The summed E-state index contributed by atoms with van der Waals surface area (Å²) in [5, 5.41) is 11.5. The Balaban J connectivity index is 1.60. The number of ether oxygens (including phenoxy) is 1. The molecule has 2 amide bonds. The number of piperidine rings is 1. The highest BCUT2D eigenvalue weighted by atomic mass is 19.1. The molecule has 0 radical (unpaired) electrons. The van der Waals surface area contributed by atoms with Crippen LogP contribution in [0.4, 0.5) is 4.39 Å². The standard InChI is InChI=1S/C28H32FN3O4/c1-3-4-24(34)31-13-11-28(12-14-31)17-32(27(35)18-5-7-19(29)8-6-18)23(16-33)26-25(28)21-10-9-20(36-2)15-22(21)30-26/h5-10,15,23,30,33H,3-4,11-14,16-17H2,1-2H3/t23-/m1/s1. The Labute approximate surface area is 209 Å². The van der Waals surface area contributed by atoms with Crippen LogP contribution in [0.1, 0.15) is 60.3 Å². The SMILES string of the molecule is CCCC(=O)N1CCC2(CC1)CN(C(=O)c1ccc(F)cc1)[C@H](CO)c1[nH]c3cc(OC)ccc3c12. The van der Waals surface area contributed by atoms with Crippen molar-refractivity contribution in [1.82, 2.24) is 14.8 Å². The molecule has 190 valence electrons. The average molecular weight is 494 g/mol. The highest BCUT2D eigenvalue weighted by molar-refractivity contribution is 5.96. The molecule has 1 fully saturated rings. The van der Waals surface area contributed by atoms with Gasteiger partial charge >= 0.3 is 0 Å². The van der Waals surface area contributed by atoms with Crippen molar-refractivity contribution in [2.45, 2.75) is 44.1 Å². The molecular formula is C28H32FN3O4. The lowest BCUT2D eigenvalue weighted by molar-refractivity contribution is -0.133. The highest BCUT2D eigenvalue weighted by Crippen LogP contribution is 2.49. The van der Waals surface area contributed by atoms with Crippen molar-refractivity contribution in [3.05, 3.63) is 65.1 Å². The third-order valence-electron chi connectivity index (χ3n) is 7.81. The number of aromatic nitrogens is 1. The van der Waals surface area contributed by atoms with Crippen LogP contribution in [0.3, 0.4) is 0 Å². The zero-order valence-electron chi connectivity index (χ0n) is 20.7. The van der Waals surface area contributed by atoms with Gasteiger partial charge in [-0.3, -0.25) is 9.59 Å². The van der Waals surface area contributed by atoms with Crippen molar-refractivity contribution in [1.29, 1.82) is 0 Å². The van der Waals surface area contributed by atoms with Crippen LogP contribution in [0.2, 0.25) is 0 Å². The van der Waals surface area contributed by atoms with Crippen LogP contribution in [0.5, 0.6) is 5.75 Å². The molecular weight excluding hydrogens is 461 g/mol. The molecule has 36 heavy (non-hydrogen) atoms. The molecule has 5 rings (SSSR count). The van der Waals surface area contributed by atoms with E-state index in [1.54, 1.807) is 12.0 Å². The number of rotatable bonds is 5. The molecule has 8 heteroatoms. The van der Waals surface area contributed by atoms with Gasteiger partial charge < -0.3 is 24.6 Å². The first-order valence-electron chi connectivity index (χ1n) is 12.6. The lowest BCUT2D eigenvalue weighted by Crippen LogP contribution is -2.55. The van der Waals surface area contributed by atoms with Crippen molar-refractivity contribution < 1.29 is 23.8 Å². The fourth-order valence-electron chi connectivity index (χ4n) is 5.94. The smallest absolute Gasteiger partial charge is 0.254 e. The second-order valence-electron chi connectivity index (χ2n) is 9.87. The molecule has 1 spiro atoms. The Hall–Kier alpha value is -3.39. The maximum Gasteiger partial charge on any atom is 0.254 e. The fourth-order valence-corrected chi connectivity index (χ4v) is 5.94. The molecule has 1 saturated heterocycles. The summed E-state index contributed by atoms with van der Waals surface area (Å²) in [4.78, 5) is 33.4. The Bertz CT molecular complexity index is 1280. The minimum absolute atomic E-state index is 0.166. The first-order valence-corrected chi connectivity index (χ1v) is 12.6. The second-order valence-corrected chi connectivity index (χ2v) is 9.87. The number of aliphatic hydroxyl groups excluding tert-OH is 1. The zero-order valence-corrected chi connectivity index (χ0v) is 20.7. The summed E-state index contributed by atoms with van der Waals surface area (Å²) in [5.41, 5.74) is 2.81. The minimum atomic E-state index is -0.568. The van der Waals surface area contributed by atoms with Gasteiger partial charge in [0, 0.05) is 59.7 Å². The van der Waals surface area contributed by atoms with Crippen LogP contribution in [0.25, 0.3) is 10.9 Å². The lowest BCUT2D eigenvalue weighted by atomic mass is 9.68. The predicted octanol–water partition coefficient (Wildman–Crippen LogP) is 4.17. The summed E-state index contributed by atoms with van der Waals surface area (Å²) in [6.45, 7) is 3.40. The van der Waals surface area contributed by atoms with Gasteiger partial charge in [-0.1, -0.05) is 6.92 Å². The van der Waals surface area contributed by atoms with E-state index in [9.17, 15) is 19.1 Å². The molecule has 1 atom stereocenters. The molecule has 3 heterocycles. The summed E-state index contributed by atoms with van der Waals surface area (Å²) in [5.74, 6) is 0.227. The zero-order chi connectivity index (χ0) is 25.4. The Morgan fingerprint density at radius 3 is 2.53 bits per heavy atom. The number of H-pyrrole nitrogens is 1. The van der Waals surface area contributed by atoms with Crippen LogP contribution in [-0.4, -0.2) is 65.1 Å². The van der Waals surface area contributed by atoms with Gasteiger partial charge in [-0.05, 0) is 61.2 Å². The molecule has 2 N–H and O–H groups in total. The number of nitrogens with zero attached hydrogens (tertiary/aromatic N) is 2. The minimum Gasteiger partial charge on any atom is -0.497 e. The lowest BCUT2D eigenvalue weighted by Gasteiger charge is -2.50. The number of halogens is 1. The number of aromatic amines is 1. The number of hydrogen-bond acceptors (Lipinski definition) is 4. The van der Waals surface area contributed by atoms with Gasteiger partial charge in [0.25, 0.3) is 5.91 Å². The van der Waals surface area contributed by atoms with Crippen molar-refractivity contribution >= 4 is 22.7 Å². The number of methoxy groups -OCH3 is 1. The van der Waals surface area contributed by atoms with E-state index >= 15 is 0 Å². The Morgan fingerprint density at radius 1 is 1.17 bits per heavy atom. The summed E-state index contributed by atoms with van der Waals surface area (Å²) < 4.78 is 19.0. The van der Waals surface area contributed by atoms with Crippen molar-refractivity contribution in [3.63, 3.8) is 0 Å². The molecule has 0 unspecified atom stereocenters. The monoisotopic (exact) mass is 493 g/mol. The largest absolute Gasteiger partial charge is 0.497 e. The molecule has 0 saturated carbocycles. The van der Waals surface area contributed by atoms with Gasteiger partial charge in [0.1, 0.15) is 11.6 Å². The number of carbonyl (C=O) groups is 2. The Kier molecular flexibility index (Phi) is 6.47. The van der Waals surface area contributed by atoms with Crippen LogP contribution < -0.4 is 4.74 Å². The fraction of sp³-hybridized carbons (Fsp3) is 0.429. The summed E-state index contributed by atoms with van der Waals surface area (Å²) in [6.07, 6.45) is 2.76. The molecule has 7 nitrogen and oxygen atoms in total. The first kappa shape index (κ1) is 24.3. The summed E-state index contributed by atoms with van der Waals surface area (Å²) in [7, 11) is 1.62. The number of benzene rings is 2. The van der Waals surface area contributed by atoms with Gasteiger partial charge in [-0.25, -0.2) is 4.39 Å². The summed E-state index contributed by atoms with van der Waals surface area (Å²) >= 11 is 0. The van der Waals surface area contributed by atoms with Crippen LogP contribution in [0, 0.1) is 5.82 Å². The van der Waals surface area contributed by atoms with E-state index in [0.717, 1.165) is 34.3 Å². The van der Waals surface area contributed by atoms with E-state index in [-0.39, 0.29) is 23.8 Å². The average Bonchev–Trinajstić information content (AvgIpc) is 3.28. The van der Waals surface area contributed by atoms with Crippen molar-refractivity contribution in [2.75, 3.05) is 33.4 Å².